The lowest BCUT2D eigenvalue weighted by Crippen LogP contribution is -2.36. The molecule has 1 aromatic carbocycles. The second-order valence-electron chi connectivity index (χ2n) is 5.99. The molecule has 8 heteroatoms. The Morgan fingerprint density at radius 2 is 1.92 bits per heavy atom. The molecule has 1 heterocycles. The number of hydrogen-bond donors (Lipinski definition) is 1. The fraction of sp³-hybridized carbons (Fsp3) is 0.389. The Labute approximate surface area is 162 Å². The van der Waals surface area contributed by atoms with Gasteiger partial charge in [0, 0.05) is 17.1 Å². The van der Waals surface area contributed by atoms with E-state index in [1.165, 1.54) is 17.0 Å². The van der Waals surface area contributed by atoms with E-state index in [0.29, 0.717) is 5.11 Å². The van der Waals surface area contributed by atoms with E-state index in [1.54, 1.807) is 23.5 Å². The first-order valence-electron chi connectivity index (χ1n) is 8.22. The van der Waals surface area contributed by atoms with Crippen molar-refractivity contribution in [1.82, 2.24) is 9.80 Å². The Morgan fingerprint density at radius 1 is 1.19 bits per heavy atom. The number of rotatable bonds is 9. The van der Waals surface area contributed by atoms with Gasteiger partial charge in [0.05, 0.1) is 6.54 Å². The van der Waals surface area contributed by atoms with Gasteiger partial charge >= 0.3 is 6.61 Å². The van der Waals surface area contributed by atoms with E-state index >= 15 is 0 Å². The molecule has 0 fully saturated rings. The SMILES string of the molecule is CN(C)CCCN(Cc1cccs1)C(=S)Nc1ccc(OC(F)F)cc1. The van der Waals surface area contributed by atoms with Crippen molar-refractivity contribution in [2.24, 2.45) is 0 Å². The maximum absolute atomic E-state index is 12.2. The lowest BCUT2D eigenvalue weighted by Gasteiger charge is -2.26. The maximum Gasteiger partial charge on any atom is 0.387 e. The highest BCUT2D eigenvalue weighted by molar-refractivity contribution is 7.80. The van der Waals surface area contributed by atoms with Crippen molar-refractivity contribution in [3.05, 3.63) is 46.7 Å². The highest BCUT2D eigenvalue weighted by Gasteiger charge is 2.12. The zero-order valence-electron chi connectivity index (χ0n) is 14.8. The van der Waals surface area contributed by atoms with Crippen LogP contribution in [0.2, 0.25) is 0 Å². The Hall–Kier alpha value is -1.77. The zero-order valence-corrected chi connectivity index (χ0v) is 16.5. The number of halogens is 2. The van der Waals surface area contributed by atoms with Gasteiger partial charge in [0.1, 0.15) is 5.75 Å². The molecule has 1 N–H and O–H groups in total. The van der Waals surface area contributed by atoms with Crippen LogP contribution >= 0.6 is 23.6 Å². The molecule has 0 spiro atoms. The van der Waals surface area contributed by atoms with Gasteiger partial charge in [0.15, 0.2) is 5.11 Å². The lowest BCUT2D eigenvalue weighted by atomic mass is 10.3. The first kappa shape index (κ1) is 20.5. The molecular formula is C18H23F2N3OS2. The topological polar surface area (TPSA) is 27.7 Å². The summed E-state index contributed by atoms with van der Waals surface area (Å²) in [7, 11) is 4.09. The minimum Gasteiger partial charge on any atom is -0.435 e. The summed E-state index contributed by atoms with van der Waals surface area (Å²) in [6, 6.07) is 10.4. The van der Waals surface area contributed by atoms with Crippen LogP contribution in [0.3, 0.4) is 0 Å². The van der Waals surface area contributed by atoms with Gasteiger partial charge in [-0.1, -0.05) is 6.07 Å². The summed E-state index contributed by atoms with van der Waals surface area (Å²) in [6.45, 7) is -0.283. The van der Waals surface area contributed by atoms with Crippen LogP contribution in [0, 0.1) is 0 Å². The molecule has 0 saturated heterocycles. The molecular weight excluding hydrogens is 376 g/mol. The molecule has 0 unspecified atom stereocenters. The van der Waals surface area contributed by atoms with E-state index in [0.717, 1.165) is 31.7 Å². The van der Waals surface area contributed by atoms with E-state index in [9.17, 15) is 8.78 Å². The van der Waals surface area contributed by atoms with Crippen molar-refractivity contribution >= 4 is 34.4 Å². The van der Waals surface area contributed by atoms with E-state index in [2.05, 4.69) is 25.9 Å². The molecule has 2 aromatic rings. The van der Waals surface area contributed by atoms with Gasteiger partial charge in [-0.2, -0.15) is 8.78 Å². The third-order valence-corrected chi connectivity index (χ3v) is 4.80. The summed E-state index contributed by atoms with van der Waals surface area (Å²) in [4.78, 5) is 5.50. The van der Waals surface area contributed by atoms with Crippen LogP contribution in [0.15, 0.2) is 41.8 Å². The summed E-state index contributed by atoms with van der Waals surface area (Å²) in [5, 5.41) is 5.84. The minimum atomic E-state index is -2.83. The standard InChI is InChI=1S/C18H23F2N3OS2/c1-22(2)10-4-11-23(13-16-5-3-12-26-16)18(25)21-14-6-8-15(9-7-14)24-17(19)20/h3,5-9,12,17H,4,10-11,13H2,1-2H3,(H,21,25). The lowest BCUT2D eigenvalue weighted by molar-refractivity contribution is -0.0498. The summed E-state index contributed by atoms with van der Waals surface area (Å²) in [5.41, 5.74) is 0.736. The molecule has 1 aromatic heterocycles. The minimum absolute atomic E-state index is 0.123. The van der Waals surface area contributed by atoms with Crippen LogP contribution in [0.1, 0.15) is 11.3 Å². The van der Waals surface area contributed by atoms with Crippen molar-refractivity contribution in [3.8, 4) is 5.75 Å². The average molecular weight is 400 g/mol. The summed E-state index contributed by atoms with van der Waals surface area (Å²) in [6.07, 6.45) is 0.987. The average Bonchev–Trinajstić information content (AvgIpc) is 3.08. The van der Waals surface area contributed by atoms with Crippen LogP contribution in [0.5, 0.6) is 5.75 Å². The molecule has 0 saturated carbocycles. The van der Waals surface area contributed by atoms with Crippen LogP contribution in [-0.4, -0.2) is 48.7 Å². The van der Waals surface area contributed by atoms with Gasteiger partial charge in [-0.15, -0.1) is 11.3 Å². The van der Waals surface area contributed by atoms with Gasteiger partial charge in [-0.25, -0.2) is 0 Å². The van der Waals surface area contributed by atoms with Gasteiger partial charge in [0.25, 0.3) is 0 Å². The molecule has 0 aliphatic carbocycles. The molecule has 0 amide bonds. The second kappa shape index (κ2) is 10.4. The van der Waals surface area contributed by atoms with E-state index in [1.807, 2.05) is 25.5 Å². The van der Waals surface area contributed by atoms with Crippen LogP contribution in [0.25, 0.3) is 0 Å². The maximum atomic E-state index is 12.2. The molecule has 0 radical (unpaired) electrons. The van der Waals surface area contributed by atoms with Gasteiger partial charge < -0.3 is 19.9 Å². The van der Waals surface area contributed by atoms with Crippen LogP contribution in [-0.2, 0) is 6.54 Å². The third-order valence-electron chi connectivity index (χ3n) is 3.58. The van der Waals surface area contributed by atoms with Crippen molar-refractivity contribution in [2.75, 3.05) is 32.5 Å². The molecule has 4 nitrogen and oxygen atoms in total. The van der Waals surface area contributed by atoms with E-state index in [-0.39, 0.29) is 5.75 Å². The number of anilines is 1. The Morgan fingerprint density at radius 3 is 2.50 bits per heavy atom. The number of nitrogens with zero attached hydrogens (tertiary/aromatic N) is 2. The Balaban J connectivity index is 1.97. The number of benzene rings is 1. The highest BCUT2D eigenvalue weighted by Crippen LogP contribution is 2.19. The molecule has 0 aliphatic rings. The predicted octanol–water partition coefficient (Wildman–Crippen LogP) is 4.50. The van der Waals surface area contributed by atoms with Crippen molar-refractivity contribution in [3.63, 3.8) is 0 Å². The number of thiocarbonyl (C=S) groups is 1. The predicted molar refractivity (Wildman–Crippen MR) is 107 cm³/mol. The van der Waals surface area contributed by atoms with Gasteiger partial charge in [0.2, 0.25) is 0 Å². The van der Waals surface area contributed by atoms with Gasteiger partial charge in [-0.3, -0.25) is 0 Å². The number of hydrogen-bond acceptors (Lipinski definition) is 4. The third kappa shape index (κ3) is 7.23. The highest BCUT2D eigenvalue weighted by atomic mass is 32.1. The monoisotopic (exact) mass is 399 g/mol. The Kier molecular flexibility index (Phi) is 8.21. The van der Waals surface area contributed by atoms with Gasteiger partial charge in [-0.05, 0) is 75.0 Å². The normalized spacial score (nSPS) is 11.0. The molecule has 142 valence electrons. The van der Waals surface area contributed by atoms with Crippen molar-refractivity contribution in [1.29, 1.82) is 0 Å². The zero-order chi connectivity index (χ0) is 18.9. The first-order chi connectivity index (χ1) is 12.4. The fourth-order valence-corrected chi connectivity index (χ4v) is 3.34. The molecule has 0 atom stereocenters. The van der Waals surface area contributed by atoms with E-state index in [4.69, 9.17) is 12.2 Å². The molecule has 0 aliphatic heterocycles. The van der Waals surface area contributed by atoms with E-state index < -0.39 is 6.61 Å². The fourth-order valence-electron chi connectivity index (χ4n) is 2.34. The molecule has 2 rings (SSSR count). The van der Waals surface area contributed by atoms with Crippen LogP contribution in [0.4, 0.5) is 14.5 Å². The second-order valence-corrected chi connectivity index (χ2v) is 7.41. The number of alkyl halides is 2. The molecule has 26 heavy (non-hydrogen) atoms. The number of thiophene rings is 1. The summed E-state index contributed by atoms with van der Waals surface area (Å²) >= 11 is 7.26. The first-order valence-corrected chi connectivity index (χ1v) is 9.51. The smallest absolute Gasteiger partial charge is 0.387 e. The number of ether oxygens (including phenoxy) is 1. The summed E-state index contributed by atoms with van der Waals surface area (Å²) < 4.78 is 28.8. The molecule has 0 bridgehead atoms. The summed E-state index contributed by atoms with van der Waals surface area (Å²) in [5.74, 6) is 0.123. The number of nitrogens with one attached hydrogen (secondary N) is 1. The van der Waals surface area contributed by atoms with Crippen molar-refractivity contribution in [2.45, 2.75) is 19.6 Å². The van der Waals surface area contributed by atoms with Crippen LogP contribution < -0.4 is 10.1 Å². The van der Waals surface area contributed by atoms with Crippen molar-refractivity contribution < 1.29 is 13.5 Å². The Bertz CT molecular complexity index is 664. The quantitative estimate of drug-likeness (QED) is 0.627. The largest absolute Gasteiger partial charge is 0.435 e.